The van der Waals surface area contributed by atoms with E-state index >= 15 is 0 Å². The maximum absolute atomic E-state index is 13.4. The molecule has 0 aliphatic heterocycles. The average Bonchev–Trinajstić information content (AvgIpc) is 3.13. The lowest BCUT2D eigenvalue weighted by Gasteiger charge is -2.08. The zero-order chi connectivity index (χ0) is 24.2. The van der Waals surface area contributed by atoms with E-state index in [-0.39, 0.29) is 18.9 Å². The van der Waals surface area contributed by atoms with Crippen LogP contribution in [0.25, 0.3) is 10.9 Å². The molecule has 0 bridgehead atoms. The molecule has 0 unspecified atom stereocenters. The highest BCUT2D eigenvalue weighted by atomic mass is 35.5. The standard InChI is InChI=1S/C27H21ClN2O4/c1-17-23(14-26(31)34-16-19-5-3-18(15-29)4-6-19)24-13-22(33-2)11-12-25(24)30(17)27(32)20-7-9-21(28)10-8-20/h3-13H,14,16H2,1-2H3. The zero-order valence-corrected chi connectivity index (χ0v) is 19.4. The van der Waals surface area contributed by atoms with Crippen molar-refractivity contribution in [2.24, 2.45) is 0 Å². The van der Waals surface area contributed by atoms with Gasteiger partial charge in [-0.05, 0) is 72.6 Å². The minimum Gasteiger partial charge on any atom is -0.497 e. The van der Waals surface area contributed by atoms with Crippen molar-refractivity contribution in [1.29, 1.82) is 5.26 Å². The second kappa shape index (κ2) is 9.82. The first-order chi connectivity index (χ1) is 16.4. The first kappa shape index (κ1) is 23.1. The van der Waals surface area contributed by atoms with Gasteiger partial charge >= 0.3 is 5.97 Å². The molecule has 0 aliphatic rings. The smallest absolute Gasteiger partial charge is 0.310 e. The number of fused-ring (bicyclic) bond motifs is 1. The summed E-state index contributed by atoms with van der Waals surface area (Å²) in [5.74, 6) is -0.0226. The van der Waals surface area contributed by atoms with Crippen molar-refractivity contribution >= 4 is 34.4 Å². The van der Waals surface area contributed by atoms with Crippen LogP contribution in [0.4, 0.5) is 0 Å². The van der Waals surface area contributed by atoms with E-state index in [1.807, 2.05) is 13.0 Å². The van der Waals surface area contributed by atoms with E-state index in [4.69, 9.17) is 26.3 Å². The third-order valence-corrected chi connectivity index (χ3v) is 5.89. The summed E-state index contributed by atoms with van der Waals surface area (Å²) < 4.78 is 12.4. The molecule has 4 aromatic rings. The molecule has 0 aliphatic carbocycles. The van der Waals surface area contributed by atoms with Crippen LogP contribution in [0.1, 0.15) is 32.7 Å². The monoisotopic (exact) mass is 472 g/mol. The topological polar surface area (TPSA) is 81.3 Å². The number of hydrogen-bond acceptors (Lipinski definition) is 5. The minimum absolute atomic E-state index is 0.00726. The number of hydrogen-bond donors (Lipinski definition) is 0. The Balaban J connectivity index is 1.65. The molecule has 1 heterocycles. The Morgan fingerprint density at radius 1 is 1.03 bits per heavy atom. The predicted octanol–water partition coefficient (Wildman–Crippen LogP) is 5.46. The molecule has 6 nitrogen and oxygen atoms in total. The fourth-order valence-electron chi connectivity index (χ4n) is 3.83. The highest BCUT2D eigenvalue weighted by molar-refractivity contribution is 6.30. The van der Waals surface area contributed by atoms with E-state index in [0.29, 0.717) is 38.7 Å². The Hall–Kier alpha value is -4.08. The van der Waals surface area contributed by atoms with Gasteiger partial charge in [-0.15, -0.1) is 0 Å². The van der Waals surface area contributed by atoms with Gasteiger partial charge in [0.2, 0.25) is 0 Å². The molecule has 0 saturated carbocycles. The van der Waals surface area contributed by atoms with Crippen molar-refractivity contribution in [3.8, 4) is 11.8 Å². The minimum atomic E-state index is -0.423. The molecular weight excluding hydrogens is 452 g/mol. The van der Waals surface area contributed by atoms with E-state index in [1.165, 1.54) is 0 Å². The fraction of sp³-hybridized carbons (Fsp3) is 0.148. The molecule has 0 spiro atoms. The lowest BCUT2D eigenvalue weighted by molar-refractivity contribution is -0.144. The van der Waals surface area contributed by atoms with Gasteiger partial charge < -0.3 is 9.47 Å². The van der Waals surface area contributed by atoms with E-state index in [0.717, 1.165) is 10.9 Å². The molecule has 34 heavy (non-hydrogen) atoms. The number of esters is 1. The van der Waals surface area contributed by atoms with Crippen molar-refractivity contribution in [1.82, 2.24) is 4.57 Å². The number of carbonyl (C=O) groups is 2. The van der Waals surface area contributed by atoms with Crippen molar-refractivity contribution in [3.63, 3.8) is 0 Å². The highest BCUT2D eigenvalue weighted by Gasteiger charge is 2.22. The Labute approximate surface area is 201 Å². The second-order valence-electron chi connectivity index (χ2n) is 7.74. The third kappa shape index (κ3) is 4.66. The van der Waals surface area contributed by atoms with Crippen molar-refractivity contribution in [2.75, 3.05) is 7.11 Å². The summed E-state index contributed by atoms with van der Waals surface area (Å²) >= 11 is 5.97. The molecular formula is C27H21ClN2O4. The number of ether oxygens (including phenoxy) is 2. The van der Waals surface area contributed by atoms with Crippen molar-refractivity contribution < 1.29 is 19.1 Å². The lowest BCUT2D eigenvalue weighted by atomic mass is 10.1. The van der Waals surface area contributed by atoms with E-state index in [1.54, 1.807) is 72.3 Å². The Kier molecular flexibility index (Phi) is 6.67. The fourth-order valence-corrected chi connectivity index (χ4v) is 3.96. The van der Waals surface area contributed by atoms with Gasteiger partial charge in [0.15, 0.2) is 0 Å². The summed E-state index contributed by atoms with van der Waals surface area (Å²) in [4.78, 5) is 26.1. The molecule has 0 N–H and O–H groups in total. The lowest BCUT2D eigenvalue weighted by Crippen LogP contribution is -2.14. The van der Waals surface area contributed by atoms with Crippen LogP contribution in [0.15, 0.2) is 66.7 Å². The van der Waals surface area contributed by atoms with Gasteiger partial charge in [0, 0.05) is 21.7 Å². The average molecular weight is 473 g/mol. The summed E-state index contributed by atoms with van der Waals surface area (Å²) in [5, 5.41) is 10.2. The maximum atomic E-state index is 13.4. The Morgan fingerprint density at radius 2 is 1.74 bits per heavy atom. The summed E-state index contributed by atoms with van der Waals surface area (Å²) in [6.45, 7) is 1.90. The Morgan fingerprint density at radius 3 is 2.38 bits per heavy atom. The van der Waals surface area contributed by atoms with Crippen LogP contribution in [-0.4, -0.2) is 23.6 Å². The summed E-state index contributed by atoms with van der Waals surface area (Å²) in [6, 6.07) is 21.0. The van der Waals surface area contributed by atoms with Crippen molar-refractivity contribution in [3.05, 3.63) is 99.7 Å². The number of rotatable bonds is 6. The number of nitriles is 1. The number of benzene rings is 3. The number of carbonyl (C=O) groups excluding carboxylic acids is 2. The second-order valence-corrected chi connectivity index (χ2v) is 8.18. The molecule has 170 valence electrons. The molecule has 0 saturated heterocycles. The van der Waals surface area contributed by atoms with Crippen LogP contribution in [0.3, 0.4) is 0 Å². The van der Waals surface area contributed by atoms with Crippen LogP contribution in [0.2, 0.25) is 5.02 Å². The summed E-state index contributed by atoms with van der Waals surface area (Å²) in [5.41, 5.74) is 3.83. The summed E-state index contributed by atoms with van der Waals surface area (Å²) in [6.07, 6.45) is -0.00726. The molecule has 3 aromatic carbocycles. The molecule has 7 heteroatoms. The molecule has 0 atom stereocenters. The largest absolute Gasteiger partial charge is 0.497 e. The van der Waals surface area contributed by atoms with Gasteiger partial charge in [0.1, 0.15) is 12.4 Å². The van der Waals surface area contributed by atoms with Gasteiger partial charge in [-0.3, -0.25) is 14.2 Å². The number of halogens is 1. The van der Waals surface area contributed by atoms with Gasteiger partial charge in [-0.25, -0.2) is 0 Å². The quantitative estimate of drug-likeness (QED) is 0.348. The predicted molar refractivity (Wildman–Crippen MR) is 129 cm³/mol. The number of nitrogens with zero attached hydrogens (tertiary/aromatic N) is 2. The van der Waals surface area contributed by atoms with Gasteiger partial charge in [-0.1, -0.05) is 23.7 Å². The van der Waals surface area contributed by atoms with E-state index < -0.39 is 5.97 Å². The molecule has 1 aromatic heterocycles. The third-order valence-electron chi connectivity index (χ3n) is 5.64. The Bertz CT molecular complexity index is 1410. The van der Waals surface area contributed by atoms with Gasteiger partial charge in [0.05, 0.1) is 30.7 Å². The van der Waals surface area contributed by atoms with Crippen LogP contribution >= 0.6 is 11.6 Å². The maximum Gasteiger partial charge on any atom is 0.310 e. The highest BCUT2D eigenvalue weighted by Crippen LogP contribution is 2.31. The van der Waals surface area contributed by atoms with Crippen molar-refractivity contribution in [2.45, 2.75) is 20.0 Å². The van der Waals surface area contributed by atoms with Crippen LogP contribution < -0.4 is 4.74 Å². The van der Waals surface area contributed by atoms with Crippen LogP contribution in [-0.2, 0) is 22.6 Å². The SMILES string of the molecule is COc1ccc2c(c1)c(CC(=O)OCc1ccc(C#N)cc1)c(C)n2C(=O)c1ccc(Cl)cc1. The van der Waals surface area contributed by atoms with Crippen LogP contribution in [0.5, 0.6) is 5.75 Å². The normalized spacial score (nSPS) is 10.6. The summed E-state index contributed by atoms with van der Waals surface area (Å²) in [7, 11) is 1.56. The van der Waals surface area contributed by atoms with E-state index in [9.17, 15) is 9.59 Å². The first-order valence-electron chi connectivity index (χ1n) is 10.5. The number of methoxy groups -OCH3 is 1. The molecule has 0 amide bonds. The number of aromatic nitrogens is 1. The van der Waals surface area contributed by atoms with Crippen LogP contribution in [0, 0.1) is 18.3 Å². The zero-order valence-electron chi connectivity index (χ0n) is 18.7. The molecule has 0 fully saturated rings. The van der Waals surface area contributed by atoms with Gasteiger partial charge in [-0.2, -0.15) is 5.26 Å². The molecule has 4 rings (SSSR count). The van der Waals surface area contributed by atoms with E-state index in [2.05, 4.69) is 6.07 Å². The van der Waals surface area contributed by atoms with Gasteiger partial charge in [0.25, 0.3) is 5.91 Å². The molecule has 0 radical (unpaired) electrons. The first-order valence-corrected chi connectivity index (χ1v) is 10.9.